The molecule has 1 aromatic heterocycles. The first-order valence-corrected chi connectivity index (χ1v) is 16.9. The van der Waals surface area contributed by atoms with Crippen molar-refractivity contribution in [1.82, 2.24) is 20.0 Å². The van der Waals surface area contributed by atoms with Gasteiger partial charge in [-0.2, -0.15) is 8.42 Å². The fourth-order valence-corrected chi connectivity index (χ4v) is 7.41. The summed E-state index contributed by atoms with van der Waals surface area (Å²) in [5.74, 6) is -0.115. The molecule has 1 saturated heterocycles. The van der Waals surface area contributed by atoms with Crippen LogP contribution in [-0.2, 0) is 15.0 Å². The fraction of sp³-hybridized carbons (Fsp3) is 0.118. The topological polar surface area (TPSA) is 131 Å². The average molecular weight is 688 g/mol. The average Bonchev–Trinajstić information content (AvgIpc) is 3.64. The van der Waals surface area contributed by atoms with Crippen molar-refractivity contribution in [3.63, 3.8) is 0 Å². The summed E-state index contributed by atoms with van der Waals surface area (Å²) in [5.41, 5.74) is 6.72. The fourth-order valence-electron chi connectivity index (χ4n) is 5.84. The first-order chi connectivity index (χ1) is 22.6. The van der Waals surface area contributed by atoms with E-state index in [0.29, 0.717) is 34.6 Å². The van der Waals surface area contributed by atoms with Crippen LogP contribution in [0, 0.1) is 0 Å². The van der Waals surface area contributed by atoms with Gasteiger partial charge in [-0.1, -0.05) is 71.7 Å². The van der Waals surface area contributed by atoms with Crippen LogP contribution >= 0.6 is 23.2 Å². The van der Waals surface area contributed by atoms with Crippen LogP contribution in [0.15, 0.2) is 109 Å². The number of hydrogen-bond acceptors (Lipinski definition) is 6. The molecule has 2 aliphatic heterocycles. The molecule has 0 saturated carbocycles. The normalized spacial score (nSPS) is 16.4. The molecule has 0 radical (unpaired) electrons. The number of carbonyl (C=O) groups is 1. The van der Waals surface area contributed by atoms with Gasteiger partial charge in [0.15, 0.2) is 0 Å². The van der Waals surface area contributed by atoms with Gasteiger partial charge < -0.3 is 20.3 Å². The minimum absolute atomic E-state index is 0.0225. The zero-order valence-corrected chi connectivity index (χ0v) is 27.0. The molecule has 0 aliphatic carbocycles. The molecule has 4 N–H and O–H groups in total. The molecule has 1 atom stereocenters. The second-order valence-electron chi connectivity index (χ2n) is 11.2. The Balaban J connectivity index is 1.22. The number of halogens is 2. The van der Waals surface area contributed by atoms with Crippen molar-refractivity contribution in [1.29, 1.82) is 0 Å². The van der Waals surface area contributed by atoms with Gasteiger partial charge in [0.05, 0.1) is 41.3 Å². The molecule has 0 bridgehead atoms. The molecular weight excluding hydrogens is 659 g/mol. The SMILES string of the molecule is O=C1CN(c2ccc(-c3ccc(C(c4ccc(N5C=C(O)NS5(=O)=O)cc4)c4ncc(-c5ccc(Cl)cc5Cl)[nH]4)cc3)cc2)CCN1. The Kier molecular flexibility index (Phi) is 8.04. The van der Waals surface area contributed by atoms with E-state index in [1.807, 2.05) is 42.5 Å². The summed E-state index contributed by atoms with van der Waals surface area (Å²) in [4.78, 5) is 22.1. The lowest BCUT2D eigenvalue weighted by atomic mass is 9.89. The molecule has 47 heavy (non-hydrogen) atoms. The summed E-state index contributed by atoms with van der Waals surface area (Å²) >= 11 is 12.6. The van der Waals surface area contributed by atoms with Gasteiger partial charge in [0, 0.05) is 29.4 Å². The van der Waals surface area contributed by atoms with Crippen molar-refractivity contribution in [2.24, 2.45) is 0 Å². The molecule has 13 heteroatoms. The van der Waals surface area contributed by atoms with Gasteiger partial charge in [0.1, 0.15) is 5.82 Å². The molecule has 1 unspecified atom stereocenters. The van der Waals surface area contributed by atoms with Gasteiger partial charge in [-0.25, -0.2) is 14.0 Å². The van der Waals surface area contributed by atoms with Gasteiger partial charge in [0.25, 0.3) is 0 Å². The molecular formula is C34H28Cl2N6O4S. The van der Waals surface area contributed by atoms with E-state index in [2.05, 4.69) is 44.2 Å². The third kappa shape index (κ3) is 6.25. The number of amides is 1. The number of anilines is 2. The Hall–Kier alpha value is -4.97. The maximum Gasteiger partial charge on any atom is 0.330 e. The highest BCUT2D eigenvalue weighted by Crippen LogP contribution is 2.36. The number of benzene rings is 4. The molecule has 1 amide bonds. The number of piperazine rings is 1. The monoisotopic (exact) mass is 686 g/mol. The first-order valence-electron chi connectivity index (χ1n) is 14.7. The van der Waals surface area contributed by atoms with E-state index in [4.69, 9.17) is 28.2 Å². The van der Waals surface area contributed by atoms with Crippen molar-refractivity contribution >= 4 is 50.7 Å². The lowest BCUT2D eigenvalue weighted by Gasteiger charge is -2.28. The lowest BCUT2D eigenvalue weighted by molar-refractivity contribution is -0.120. The summed E-state index contributed by atoms with van der Waals surface area (Å²) in [6.07, 6.45) is 2.84. The summed E-state index contributed by atoms with van der Waals surface area (Å²) in [7, 11) is -3.92. The van der Waals surface area contributed by atoms with E-state index in [0.717, 1.165) is 56.2 Å². The highest BCUT2D eigenvalue weighted by Gasteiger charge is 2.29. The van der Waals surface area contributed by atoms with Gasteiger partial charge in [-0.05, 0) is 64.7 Å². The van der Waals surface area contributed by atoms with Gasteiger partial charge in [-0.15, -0.1) is 0 Å². The van der Waals surface area contributed by atoms with E-state index in [1.165, 1.54) is 0 Å². The molecule has 5 aromatic rings. The Labute approximate surface area is 281 Å². The maximum absolute atomic E-state index is 12.4. The summed E-state index contributed by atoms with van der Waals surface area (Å²) in [6.45, 7) is 1.74. The molecule has 3 heterocycles. The molecule has 0 spiro atoms. The molecule has 4 aromatic carbocycles. The van der Waals surface area contributed by atoms with Crippen molar-refractivity contribution in [3.05, 3.63) is 136 Å². The number of rotatable bonds is 7. The second kappa shape index (κ2) is 12.3. The minimum Gasteiger partial charge on any atom is -0.493 e. The van der Waals surface area contributed by atoms with E-state index >= 15 is 0 Å². The molecule has 7 rings (SSSR count). The highest BCUT2D eigenvalue weighted by molar-refractivity contribution is 7.91. The molecule has 10 nitrogen and oxygen atoms in total. The van der Waals surface area contributed by atoms with Crippen LogP contribution in [0.1, 0.15) is 22.9 Å². The van der Waals surface area contributed by atoms with Crippen LogP contribution in [0.3, 0.4) is 0 Å². The number of H-pyrrole nitrogens is 1. The summed E-state index contributed by atoms with van der Waals surface area (Å²) in [5, 5.41) is 13.6. The third-order valence-corrected chi connectivity index (χ3v) is 10.0. The van der Waals surface area contributed by atoms with E-state index < -0.39 is 16.1 Å². The molecule has 238 valence electrons. The van der Waals surface area contributed by atoms with E-state index in [-0.39, 0.29) is 11.8 Å². The van der Waals surface area contributed by atoms with Crippen molar-refractivity contribution in [3.8, 4) is 22.4 Å². The Morgan fingerprint density at radius 3 is 2.11 bits per heavy atom. The smallest absolute Gasteiger partial charge is 0.330 e. The molecule has 2 aliphatic rings. The number of aromatic amines is 1. The third-order valence-electron chi connectivity index (χ3n) is 8.15. The zero-order chi connectivity index (χ0) is 32.7. The van der Waals surface area contributed by atoms with Crippen LogP contribution in [-0.4, -0.2) is 49.0 Å². The van der Waals surface area contributed by atoms with Crippen LogP contribution in [0.4, 0.5) is 11.4 Å². The van der Waals surface area contributed by atoms with Crippen molar-refractivity contribution in [2.75, 3.05) is 28.8 Å². The van der Waals surface area contributed by atoms with Gasteiger partial charge in [-0.3, -0.25) is 4.79 Å². The quantitative estimate of drug-likeness (QED) is 0.162. The van der Waals surface area contributed by atoms with Crippen LogP contribution in [0.5, 0.6) is 0 Å². The number of carbonyl (C=O) groups excluding carboxylic acids is 1. The number of nitrogens with zero attached hydrogens (tertiary/aromatic N) is 3. The Morgan fingerprint density at radius 1 is 0.851 bits per heavy atom. The minimum atomic E-state index is -3.92. The number of hydrogen-bond donors (Lipinski definition) is 4. The first kappa shape index (κ1) is 30.7. The Morgan fingerprint density at radius 2 is 1.49 bits per heavy atom. The van der Waals surface area contributed by atoms with E-state index in [1.54, 1.807) is 30.5 Å². The highest BCUT2D eigenvalue weighted by atomic mass is 35.5. The number of imidazole rings is 1. The predicted molar refractivity (Wildman–Crippen MR) is 184 cm³/mol. The number of aliphatic hydroxyl groups excluding tert-OH is 1. The zero-order valence-electron chi connectivity index (χ0n) is 24.7. The van der Waals surface area contributed by atoms with Crippen molar-refractivity contribution < 1.29 is 18.3 Å². The summed E-state index contributed by atoms with van der Waals surface area (Å²) in [6, 6.07) is 28.7. The maximum atomic E-state index is 12.4. The second-order valence-corrected chi connectivity index (χ2v) is 13.6. The van der Waals surface area contributed by atoms with Crippen LogP contribution in [0.25, 0.3) is 22.4 Å². The predicted octanol–water partition coefficient (Wildman–Crippen LogP) is 6.18. The van der Waals surface area contributed by atoms with E-state index in [9.17, 15) is 18.3 Å². The standard InChI is InChI=1S/C34H28Cl2N6O4S/c35-25-9-14-28(29(36)17-25)30-18-38-34(39-30)33(24-7-12-27(13-8-24)42-20-32(44)40-47(42,45)46)23-3-1-21(2-4-23)22-5-10-26(11-6-22)41-16-15-37-31(43)19-41/h1-14,17-18,20,33,40,44H,15-16,19H2,(H,37,43)(H,38,39). The number of aromatic nitrogens is 2. The lowest BCUT2D eigenvalue weighted by Crippen LogP contribution is -2.47. The van der Waals surface area contributed by atoms with Gasteiger partial charge >= 0.3 is 10.2 Å². The van der Waals surface area contributed by atoms with Crippen LogP contribution < -0.4 is 19.2 Å². The van der Waals surface area contributed by atoms with Gasteiger partial charge in [0.2, 0.25) is 11.8 Å². The number of aliphatic hydroxyl groups is 1. The van der Waals surface area contributed by atoms with Crippen molar-refractivity contribution in [2.45, 2.75) is 5.92 Å². The summed E-state index contributed by atoms with van der Waals surface area (Å²) < 4.78 is 27.9. The number of nitrogens with one attached hydrogen (secondary N) is 3. The molecule has 1 fully saturated rings. The largest absolute Gasteiger partial charge is 0.493 e. The van der Waals surface area contributed by atoms with Crippen LogP contribution in [0.2, 0.25) is 10.0 Å². The Bertz CT molecular complexity index is 2100.